The molecule has 3 N–H and O–H groups in total. The highest BCUT2D eigenvalue weighted by Gasteiger charge is 2.46. The van der Waals surface area contributed by atoms with E-state index in [1.165, 1.54) is 6.92 Å². The van der Waals surface area contributed by atoms with Crippen LogP contribution in [0.1, 0.15) is 69.9 Å². The number of hydrogen-bond donors (Lipinski definition) is 3. The zero-order chi connectivity index (χ0) is 31.7. The van der Waals surface area contributed by atoms with Crippen LogP contribution in [-0.2, 0) is 46.6 Å². The van der Waals surface area contributed by atoms with E-state index in [4.69, 9.17) is 14.2 Å². The number of carbonyl (C=O) groups is 5. The minimum atomic E-state index is -1.03. The van der Waals surface area contributed by atoms with Gasteiger partial charge in [0.25, 0.3) is 5.91 Å². The van der Waals surface area contributed by atoms with E-state index >= 15 is 0 Å². The molecule has 11 heteroatoms. The Balaban J connectivity index is 1.48. The summed E-state index contributed by atoms with van der Waals surface area (Å²) >= 11 is 0. The van der Waals surface area contributed by atoms with Gasteiger partial charge in [-0.2, -0.15) is 0 Å². The predicted octanol–water partition coefficient (Wildman–Crippen LogP) is 3.94. The van der Waals surface area contributed by atoms with E-state index in [1.54, 1.807) is 0 Å². The molecule has 1 unspecified atom stereocenters. The Bertz CT molecular complexity index is 1220. The van der Waals surface area contributed by atoms with Crippen LogP contribution < -0.4 is 16.0 Å². The highest BCUT2D eigenvalue weighted by atomic mass is 16.6. The second-order valence-corrected chi connectivity index (χ2v) is 10.8. The summed E-state index contributed by atoms with van der Waals surface area (Å²) in [4.78, 5) is 62.6. The normalized spacial score (nSPS) is 16.8. The first-order chi connectivity index (χ1) is 21.3. The lowest BCUT2D eigenvalue weighted by molar-refractivity contribution is -0.189. The molecule has 2 aromatic rings. The summed E-state index contributed by atoms with van der Waals surface area (Å²) in [5.74, 6) is -2.39. The Morgan fingerprint density at radius 3 is 2.09 bits per heavy atom. The van der Waals surface area contributed by atoms with Crippen molar-refractivity contribution in [3.8, 4) is 0 Å². The molecule has 0 aromatic heterocycles. The Morgan fingerprint density at radius 2 is 1.48 bits per heavy atom. The number of benzene rings is 2. The van der Waals surface area contributed by atoms with Crippen molar-refractivity contribution < 1.29 is 38.2 Å². The lowest BCUT2D eigenvalue weighted by Crippen LogP contribution is -2.54. The third-order valence-electron chi connectivity index (χ3n) is 7.27. The minimum Gasteiger partial charge on any atom is -0.459 e. The van der Waals surface area contributed by atoms with Crippen molar-refractivity contribution in [1.29, 1.82) is 0 Å². The fraction of sp³-hybridized carbons (Fsp3) is 0.485. The van der Waals surface area contributed by atoms with Crippen LogP contribution in [-0.4, -0.2) is 54.6 Å². The van der Waals surface area contributed by atoms with Gasteiger partial charge < -0.3 is 30.2 Å². The van der Waals surface area contributed by atoms with E-state index in [-0.39, 0.29) is 38.1 Å². The van der Waals surface area contributed by atoms with Crippen molar-refractivity contribution in [1.82, 2.24) is 16.0 Å². The number of nitrogens with one attached hydrogen (secondary N) is 3. The summed E-state index contributed by atoms with van der Waals surface area (Å²) < 4.78 is 15.7. The third-order valence-corrected chi connectivity index (χ3v) is 7.27. The van der Waals surface area contributed by atoms with E-state index in [2.05, 4.69) is 22.9 Å². The number of esters is 2. The van der Waals surface area contributed by atoms with Crippen molar-refractivity contribution >= 4 is 29.8 Å². The van der Waals surface area contributed by atoms with Crippen molar-refractivity contribution in [2.75, 3.05) is 6.54 Å². The first-order valence-electron chi connectivity index (χ1n) is 15.2. The highest BCUT2D eigenvalue weighted by Crippen LogP contribution is 2.28. The molecule has 0 aliphatic carbocycles. The molecule has 0 bridgehead atoms. The van der Waals surface area contributed by atoms with Crippen LogP contribution in [0.5, 0.6) is 0 Å². The fourth-order valence-corrected chi connectivity index (χ4v) is 4.64. The molecule has 1 heterocycles. The summed E-state index contributed by atoms with van der Waals surface area (Å²) in [5.41, 5.74) is 1.58. The topological polar surface area (TPSA) is 149 Å². The second-order valence-electron chi connectivity index (χ2n) is 10.8. The van der Waals surface area contributed by atoms with Gasteiger partial charge in [-0.1, -0.05) is 93.3 Å². The van der Waals surface area contributed by atoms with E-state index in [9.17, 15) is 24.0 Å². The van der Waals surface area contributed by atoms with E-state index in [1.807, 2.05) is 60.7 Å². The van der Waals surface area contributed by atoms with Gasteiger partial charge in [-0.3, -0.25) is 14.4 Å². The number of alkyl carbamates (subject to hydrolysis) is 1. The lowest BCUT2D eigenvalue weighted by atomic mass is 9.90. The molecule has 11 nitrogen and oxygen atoms in total. The average molecular weight is 610 g/mol. The molecule has 1 fully saturated rings. The summed E-state index contributed by atoms with van der Waals surface area (Å²) in [6.45, 7) is 3.85. The summed E-state index contributed by atoms with van der Waals surface area (Å²) in [5, 5.41) is 7.87. The second kappa shape index (κ2) is 18.3. The van der Waals surface area contributed by atoms with Crippen molar-refractivity contribution in [2.45, 2.75) is 90.2 Å². The molecule has 44 heavy (non-hydrogen) atoms. The number of unbranched alkanes of at least 4 members (excludes halogenated alkanes) is 3. The van der Waals surface area contributed by atoms with Crippen molar-refractivity contribution in [3.63, 3.8) is 0 Å². The van der Waals surface area contributed by atoms with Gasteiger partial charge in [-0.05, 0) is 37.3 Å². The van der Waals surface area contributed by atoms with Crippen molar-refractivity contribution in [3.05, 3.63) is 71.8 Å². The van der Waals surface area contributed by atoms with Crippen LogP contribution in [0.15, 0.2) is 60.7 Å². The van der Waals surface area contributed by atoms with E-state index in [0.717, 1.165) is 36.8 Å². The van der Waals surface area contributed by atoms with Crippen LogP contribution >= 0.6 is 0 Å². The minimum absolute atomic E-state index is 0.0229. The van der Waals surface area contributed by atoms with Gasteiger partial charge in [0.2, 0.25) is 5.91 Å². The zero-order valence-corrected chi connectivity index (χ0v) is 25.4. The van der Waals surface area contributed by atoms with Crippen LogP contribution in [0, 0.1) is 5.92 Å². The smallest absolute Gasteiger partial charge is 0.408 e. The predicted molar refractivity (Wildman–Crippen MR) is 162 cm³/mol. The largest absolute Gasteiger partial charge is 0.459 e. The molecule has 4 atom stereocenters. The maximum Gasteiger partial charge on any atom is 0.408 e. The van der Waals surface area contributed by atoms with Crippen LogP contribution in [0.4, 0.5) is 4.79 Å². The number of rotatable bonds is 18. The number of amides is 3. The summed E-state index contributed by atoms with van der Waals surface area (Å²) in [6, 6.07) is 16.2. The Labute approximate surface area is 258 Å². The van der Waals surface area contributed by atoms with Crippen LogP contribution in [0.3, 0.4) is 0 Å². The lowest BCUT2D eigenvalue weighted by Gasteiger charge is -2.34. The van der Waals surface area contributed by atoms with E-state index in [0.29, 0.717) is 12.8 Å². The van der Waals surface area contributed by atoms with E-state index < -0.39 is 42.1 Å². The van der Waals surface area contributed by atoms with Gasteiger partial charge >= 0.3 is 18.0 Å². The molecule has 3 rings (SSSR count). The van der Waals surface area contributed by atoms with Gasteiger partial charge in [0.05, 0.1) is 0 Å². The van der Waals surface area contributed by atoms with Gasteiger partial charge in [0.1, 0.15) is 31.2 Å². The molecule has 1 aliphatic rings. The molecule has 0 saturated carbocycles. The molecule has 1 aliphatic heterocycles. The summed E-state index contributed by atoms with van der Waals surface area (Å²) in [6.07, 6.45) is 3.56. The maximum atomic E-state index is 13.0. The van der Waals surface area contributed by atoms with Gasteiger partial charge in [0.15, 0.2) is 6.10 Å². The standard InChI is InChI=1S/C33H43N3O8/c1-3-4-5-12-18-26-28(44-31(26)39)30(38)34-20-13-19-27(32(40)42-21-24-14-8-6-9-15-24)36-29(37)23(2)35-33(41)43-22-25-16-10-7-11-17-25/h6-11,14-17,23,26-28H,3-5,12-13,18-22H2,1-2H3,(H,34,38)(H,35,41)(H,36,37)/t23-,26?,27-,28-/m0/s1. The Hall–Kier alpha value is -4.41. The molecular formula is C33H43N3O8. The van der Waals surface area contributed by atoms with Crippen molar-refractivity contribution in [2.24, 2.45) is 5.92 Å². The SMILES string of the molecule is CCCCCCC1C(=O)O[C@@H]1C(=O)NCCC[C@H](NC(=O)[C@H](C)NC(=O)OCc1ccccc1)C(=O)OCc1ccccc1. The zero-order valence-electron chi connectivity index (χ0n) is 25.4. The Kier molecular flexibility index (Phi) is 14.2. The third kappa shape index (κ3) is 11.3. The molecule has 0 radical (unpaired) electrons. The molecule has 1 saturated heterocycles. The monoisotopic (exact) mass is 609 g/mol. The Morgan fingerprint density at radius 1 is 0.841 bits per heavy atom. The van der Waals surface area contributed by atoms with Gasteiger partial charge in [0, 0.05) is 6.54 Å². The highest BCUT2D eigenvalue weighted by molar-refractivity contribution is 5.94. The van der Waals surface area contributed by atoms with Crippen LogP contribution in [0.25, 0.3) is 0 Å². The number of ether oxygens (including phenoxy) is 3. The molecule has 3 amide bonds. The first-order valence-corrected chi connectivity index (χ1v) is 15.2. The quantitative estimate of drug-likeness (QED) is 0.131. The molecular weight excluding hydrogens is 566 g/mol. The average Bonchev–Trinajstić information content (AvgIpc) is 3.03. The molecule has 238 valence electrons. The van der Waals surface area contributed by atoms with Gasteiger partial charge in [-0.25, -0.2) is 9.59 Å². The number of hydrogen-bond acceptors (Lipinski definition) is 8. The van der Waals surface area contributed by atoms with Gasteiger partial charge in [-0.15, -0.1) is 0 Å². The first kappa shape index (κ1) is 34.1. The number of carbonyl (C=O) groups excluding carboxylic acids is 5. The molecule has 2 aromatic carbocycles. The summed E-state index contributed by atoms with van der Waals surface area (Å²) in [7, 11) is 0. The van der Waals surface area contributed by atoms with Crippen LogP contribution in [0.2, 0.25) is 0 Å². The maximum absolute atomic E-state index is 13.0. The number of cyclic esters (lactones) is 1. The fourth-order valence-electron chi connectivity index (χ4n) is 4.64. The molecule has 0 spiro atoms.